The smallest absolute Gasteiger partial charge is 0.336 e. The van der Waals surface area contributed by atoms with E-state index in [-0.39, 0.29) is 18.1 Å². The lowest BCUT2D eigenvalue weighted by molar-refractivity contribution is -0.885. The van der Waals surface area contributed by atoms with E-state index in [2.05, 4.69) is 5.32 Å². The van der Waals surface area contributed by atoms with Gasteiger partial charge in [-0.15, -0.1) is 0 Å². The fraction of sp³-hybridized carbons (Fsp3) is 0.238. The topological polar surface area (TPSA) is 63.8 Å². The summed E-state index contributed by atoms with van der Waals surface area (Å²) in [6.45, 7) is 4.74. The number of rotatable bonds is 5. The van der Waals surface area contributed by atoms with Gasteiger partial charge in [-0.2, -0.15) is 0 Å². The predicted molar refractivity (Wildman–Crippen MR) is 113 cm³/mol. The molecular formula is C21H21Cl2N2O3+. The van der Waals surface area contributed by atoms with Crippen LogP contribution in [0.2, 0.25) is 10.0 Å². The maximum Gasteiger partial charge on any atom is 0.336 e. The molecule has 5 nitrogen and oxygen atoms in total. The Labute approximate surface area is 172 Å². The highest BCUT2D eigenvalue weighted by atomic mass is 35.5. The lowest BCUT2D eigenvalue weighted by atomic mass is 10.0. The van der Waals surface area contributed by atoms with Crippen molar-refractivity contribution in [3.8, 4) is 0 Å². The number of quaternary nitrogens is 1. The van der Waals surface area contributed by atoms with Crippen LogP contribution in [0.4, 0.5) is 5.69 Å². The zero-order valence-electron chi connectivity index (χ0n) is 15.9. The first-order valence-corrected chi connectivity index (χ1v) is 9.58. The monoisotopic (exact) mass is 419 g/mol. The van der Waals surface area contributed by atoms with Gasteiger partial charge < -0.3 is 14.6 Å². The molecule has 0 aliphatic carbocycles. The summed E-state index contributed by atoms with van der Waals surface area (Å²) < 4.78 is 5.33. The second-order valence-electron chi connectivity index (χ2n) is 7.01. The number of hydrogen-bond acceptors (Lipinski definition) is 3. The SMILES string of the molecule is Cc1cc2oc(=O)cc(C[NH+](C)CC(=O)Nc3ccc(Cl)c(Cl)c3)c2cc1C. The third-order valence-electron chi connectivity index (χ3n) is 4.60. The molecule has 1 heterocycles. The molecule has 0 saturated heterocycles. The Morgan fingerprint density at radius 1 is 1.07 bits per heavy atom. The molecule has 3 aromatic rings. The number of nitrogens with one attached hydrogen (secondary N) is 2. The van der Waals surface area contributed by atoms with Crippen LogP contribution in [0.5, 0.6) is 0 Å². The second-order valence-corrected chi connectivity index (χ2v) is 7.83. The maximum absolute atomic E-state index is 12.4. The molecule has 1 amide bonds. The zero-order valence-corrected chi connectivity index (χ0v) is 17.4. The quantitative estimate of drug-likeness (QED) is 0.623. The van der Waals surface area contributed by atoms with Crippen LogP contribution in [0.15, 0.2) is 45.6 Å². The average molecular weight is 420 g/mol. The third kappa shape index (κ3) is 4.73. The second kappa shape index (κ2) is 8.35. The molecule has 1 atom stereocenters. The molecule has 1 unspecified atom stereocenters. The van der Waals surface area contributed by atoms with Gasteiger partial charge in [0, 0.05) is 22.7 Å². The lowest BCUT2D eigenvalue weighted by Gasteiger charge is -2.15. The van der Waals surface area contributed by atoms with Gasteiger partial charge in [0.1, 0.15) is 12.1 Å². The molecule has 2 N–H and O–H groups in total. The molecule has 3 rings (SSSR count). The number of aryl methyl sites for hydroxylation is 2. The van der Waals surface area contributed by atoms with E-state index in [1.165, 1.54) is 6.07 Å². The molecule has 28 heavy (non-hydrogen) atoms. The van der Waals surface area contributed by atoms with Crippen molar-refractivity contribution >= 4 is 45.8 Å². The van der Waals surface area contributed by atoms with Gasteiger partial charge >= 0.3 is 5.63 Å². The number of halogens is 2. The van der Waals surface area contributed by atoms with Crippen molar-refractivity contribution in [1.82, 2.24) is 0 Å². The first kappa shape index (κ1) is 20.4. The Hall–Kier alpha value is -2.34. The molecule has 7 heteroatoms. The van der Waals surface area contributed by atoms with Crippen LogP contribution in [0.25, 0.3) is 11.0 Å². The van der Waals surface area contributed by atoms with Gasteiger partial charge in [-0.25, -0.2) is 4.79 Å². The Bertz CT molecular complexity index is 1110. The zero-order chi connectivity index (χ0) is 20.4. The number of likely N-dealkylation sites (N-methyl/N-ethyl adjacent to an activating group) is 1. The van der Waals surface area contributed by atoms with Crippen molar-refractivity contribution in [3.63, 3.8) is 0 Å². The molecule has 0 radical (unpaired) electrons. The highest BCUT2D eigenvalue weighted by molar-refractivity contribution is 6.42. The van der Waals surface area contributed by atoms with Crippen LogP contribution in [0, 0.1) is 13.8 Å². The fourth-order valence-electron chi connectivity index (χ4n) is 3.07. The van der Waals surface area contributed by atoms with Crippen LogP contribution in [0.3, 0.4) is 0 Å². The summed E-state index contributed by atoms with van der Waals surface area (Å²) in [5, 5.41) is 4.52. The Morgan fingerprint density at radius 2 is 1.79 bits per heavy atom. The summed E-state index contributed by atoms with van der Waals surface area (Å²) in [6, 6.07) is 10.3. The van der Waals surface area contributed by atoms with Crippen molar-refractivity contribution in [3.05, 3.63) is 73.6 Å². The van der Waals surface area contributed by atoms with Gasteiger partial charge in [0.2, 0.25) is 0 Å². The van der Waals surface area contributed by atoms with Gasteiger partial charge in [-0.3, -0.25) is 4.79 Å². The molecule has 2 aromatic carbocycles. The average Bonchev–Trinajstić information content (AvgIpc) is 2.59. The lowest BCUT2D eigenvalue weighted by Crippen LogP contribution is -3.08. The number of benzene rings is 2. The van der Waals surface area contributed by atoms with Crippen LogP contribution < -0.4 is 15.8 Å². The van der Waals surface area contributed by atoms with Crippen LogP contribution >= 0.6 is 23.2 Å². The molecule has 0 aliphatic heterocycles. The number of carbonyl (C=O) groups excluding carboxylic acids is 1. The summed E-state index contributed by atoms with van der Waals surface area (Å²) >= 11 is 11.9. The standard InChI is InChI=1S/C21H20Cl2N2O3/c1-12-6-16-14(8-21(27)28-19(16)7-13(12)2)10-25(3)11-20(26)24-15-4-5-17(22)18(23)9-15/h4-9H,10-11H2,1-3H3,(H,24,26)/p+1. The molecule has 0 saturated carbocycles. The normalized spacial score (nSPS) is 12.2. The summed E-state index contributed by atoms with van der Waals surface area (Å²) in [4.78, 5) is 25.2. The minimum Gasteiger partial charge on any atom is -0.423 e. The number of amides is 1. The van der Waals surface area contributed by atoms with E-state index in [4.69, 9.17) is 27.6 Å². The van der Waals surface area contributed by atoms with Crippen LogP contribution in [-0.2, 0) is 11.3 Å². The first-order valence-electron chi connectivity index (χ1n) is 8.83. The molecule has 0 fully saturated rings. The summed E-state index contributed by atoms with van der Waals surface area (Å²) in [5.74, 6) is -0.157. The highest BCUT2D eigenvalue weighted by Crippen LogP contribution is 2.25. The van der Waals surface area contributed by atoms with Gasteiger partial charge in [-0.1, -0.05) is 23.2 Å². The molecule has 0 aliphatic rings. The number of hydrogen-bond donors (Lipinski definition) is 2. The van der Waals surface area contributed by atoms with Crippen LogP contribution in [0.1, 0.15) is 16.7 Å². The first-order chi connectivity index (χ1) is 13.2. The Balaban J connectivity index is 1.74. The van der Waals surface area contributed by atoms with Gasteiger partial charge in [-0.05, 0) is 55.3 Å². The van der Waals surface area contributed by atoms with Gasteiger partial charge in [0.05, 0.1) is 17.1 Å². The molecule has 1 aromatic heterocycles. The minimum atomic E-state index is -0.390. The summed E-state index contributed by atoms with van der Waals surface area (Å²) in [5.41, 5.74) is 3.81. The minimum absolute atomic E-state index is 0.157. The fourth-order valence-corrected chi connectivity index (χ4v) is 3.37. The van der Waals surface area contributed by atoms with Crippen molar-refractivity contribution in [2.24, 2.45) is 0 Å². The predicted octanol–water partition coefficient (Wildman–Crippen LogP) is 3.37. The third-order valence-corrected chi connectivity index (χ3v) is 5.34. The van der Waals surface area contributed by atoms with Crippen molar-refractivity contribution in [2.45, 2.75) is 20.4 Å². The molecule has 0 bridgehead atoms. The van der Waals surface area contributed by atoms with E-state index in [1.54, 1.807) is 18.2 Å². The Kier molecular flexibility index (Phi) is 6.08. The number of anilines is 1. The van der Waals surface area contributed by atoms with Crippen molar-refractivity contribution in [1.29, 1.82) is 0 Å². The maximum atomic E-state index is 12.4. The van der Waals surface area contributed by atoms with E-state index in [9.17, 15) is 9.59 Å². The van der Waals surface area contributed by atoms with Gasteiger partial charge in [0.15, 0.2) is 6.54 Å². The summed E-state index contributed by atoms with van der Waals surface area (Å²) in [7, 11) is 1.90. The van der Waals surface area contributed by atoms with Crippen molar-refractivity contribution in [2.75, 3.05) is 18.9 Å². The highest BCUT2D eigenvalue weighted by Gasteiger charge is 2.15. The number of carbonyl (C=O) groups is 1. The molecule has 0 spiro atoms. The van der Waals surface area contributed by atoms with Gasteiger partial charge in [0.25, 0.3) is 5.91 Å². The van der Waals surface area contributed by atoms with Crippen molar-refractivity contribution < 1.29 is 14.1 Å². The molecule has 146 valence electrons. The van der Waals surface area contributed by atoms with E-state index in [1.807, 2.05) is 33.0 Å². The Morgan fingerprint density at radius 3 is 2.50 bits per heavy atom. The largest absolute Gasteiger partial charge is 0.423 e. The van der Waals surface area contributed by atoms with E-state index in [0.717, 1.165) is 27.0 Å². The van der Waals surface area contributed by atoms with Crippen LogP contribution in [-0.4, -0.2) is 19.5 Å². The van der Waals surface area contributed by atoms with E-state index in [0.29, 0.717) is 27.9 Å². The van der Waals surface area contributed by atoms with E-state index >= 15 is 0 Å². The number of fused-ring (bicyclic) bond motifs is 1. The molecular weight excluding hydrogens is 399 g/mol. The van der Waals surface area contributed by atoms with E-state index < -0.39 is 0 Å². The summed E-state index contributed by atoms with van der Waals surface area (Å²) in [6.07, 6.45) is 0.